The van der Waals surface area contributed by atoms with Crippen LogP contribution in [0.15, 0.2) is 60.9 Å². The van der Waals surface area contributed by atoms with E-state index in [-0.39, 0.29) is 5.91 Å². The summed E-state index contributed by atoms with van der Waals surface area (Å²) in [5, 5.41) is 18.8. The van der Waals surface area contributed by atoms with Gasteiger partial charge in [-0.15, -0.1) is 5.10 Å². The highest BCUT2D eigenvalue weighted by Gasteiger charge is 2.16. The molecule has 0 saturated heterocycles. The third-order valence-corrected chi connectivity index (χ3v) is 4.61. The fourth-order valence-corrected chi connectivity index (χ4v) is 3.15. The smallest absolute Gasteiger partial charge is 0.253 e. The van der Waals surface area contributed by atoms with Gasteiger partial charge in [-0.3, -0.25) is 4.79 Å². The molecule has 1 N–H and O–H groups in total. The highest BCUT2D eigenvalue weighted by atomic mass is 16.1. The molecular formula is C20H19N7O. The second-order valence-corrected chi connectivity index (χ2v) is 6.35. The molecule has 0 fully saturated rings. The fraction of sp³-hybridized carbons (Fsp3) is 0.150. The molecule has 2 heterocycles. The summed E-state index contributed by atoms with van der Waals surface area (Å²) in [5.41, 5.74) is 4.99. The maximum Gasteiger partial charge on any atom is 0.253 e. The lowest BCUT2D eigenvalue weighted by molar-refractivity contribution is 0.0950. The highest BCUT2D eigenvalue weighted by Crippen LogP contribution is 2.18. The Morgan fingerprint density at radius 2 is 1.79 bits per heavy atom. The van der Waals surface area contributed by atoms with Gasteiger partial charge in [-0.2, -0.15) is 9.78 Å². The summed E-state index contributed by atoms with van der Waals surface area (Å²) in [5.74, 6) is -0.197. The molecule has 0 atom stereocenters. The summed E-state index contributed by atoms with van der Waals surface area (Å²) in [6.45, 7) is 4.33. The number of amides is 1. The first-order valence-corrected chi connectivity index (χ1v) is 8.86. The van der Waals surface area contributed by atoms with E-state index in [9.17, 15) is 4.79 Å². The molecular weight excluding hydrogens is 354 g/mol. The molecule has 1 amide bonds. The number of aryl methyl sites for hydroxylation is 1. The number of hydrogen-bond acceptors (Lipinski definition) is 5. The van der Waals surface area contributed by atoms with Gasteiger partial charge in [0.15, 0.2) is 0 Å². The third-order valence-electron chi connectivity index (χ3n) is 4.61. The van der Waals surface area contributed by atoms with Crippen LogP contribution in [0.5, 0.6) is 0 Å². The number of carbonyl (C=O) groups is 1. The van der Waals surface area contributed by atoms with Crippen LogP contribution in [0.25, 0.3) is 11.4 Å². The predicted octanol–water partition coefficient (Wildman–Crippen LogP) is 2.39. The van der Waals surface area contributed by atoms with Crippen molar-refractivity contribution < 1.29 is 4.79 Å². The van der Waals surface area contributed by atoms with E-state index in [1.165, 1.54) is 11.0 Å². The Hall–Kier alpha value is -3.81. The molecule has 28 heavy (non-hydrogen) atoms. The Morgan fingerprint density at radius 1 is 1.04 bits per heavy atom. The van der Waals surface area contributed by atoms with Gasteiger partial charge < -0.3 is 5.32 Å². The number of nitrogens with zero attached hydrogens (tertiary/aromatic N) is 6. The quantitative estimate of drug-likeness (QED) is 0.580. The summed E-state index contributed by atoms with van der Waals surface area (Å²) >= 11 is 0. The molecule has 2 aromatic carbocycles. The SMILES string of the molecule is Cc1nn(-c2ccccc2)c(C)c1CNC(=O)c1ccccc1-n1cnnn1. The van der Waals surface area contributed by atoms with E-state index in [1.807, 2.05) is 61.0 Å². The van der Waals surface area contributed by atoms with Gasteiger partial charge in [0.1, 0.15) is 6.33 Å². The molecule has 8 nitrogen and oxygen atoms in total. The Morgan fingerprint density at radius 3 is 2.54 bits per heavy atom. The average molecular weight is 373 g/mol. The van der Waals surface area contributed by atoms with Gasteiger partial charge in [0.2, 0.25) is 0 Å². The van der Waals surface area contributed by atoms with Crippen molar-refractivity contribution in [3.05, 3.63) is 83.4 Å². The number of carbonyl (C=O) groups excluding carboxylic acids is 1. The first kappa shape index (κ1) is 17.6. The lowest BCUT2D eigenvalue weighted by Gasteiger charge is -2.10. The standard InChI is InChI=1S/C20H19N7O/c1-14-18(15(2)27(23-14)16-8-4-3-5-9-16)12-21-20(28)17-10-6-7-11-19(17)26-13-22-24-25-26/h3-11,13H,12H2,1-2H3,(H,21,28). The van der Waals surface area contributed by atoms with Crippen LogP contribution in [0.1, 0.15) is 27.3 Å². The van der Waals surface area contributed by atoms with E-state index in [4.69, 9.17) is 0 Å². The lowest BCUT2D eigenvalue weighted by Crippen LogP contribution is -2.25. The molecule has 0 saturated carbocycles. The van der Waals surface area contributed by atoms with Crippen molar-refractivity contribution in [3.63, 3.8) is 0 Å². The molecule has 0 radical (unpaired) electrons. The third kappa shape index (κ3) is 3.27. The van der Waals surface area contributed by atoms with E-state index >= 15 is 0 Å². The lowest BCUT2D eigenvalue weighted by atomic mass is 10.1. The molecule has 0 aliphatic heterocycles. The topological polar surface area (TPSA) is 90.5 Å². The Bertz CT molecular complexity index is 1100. The van der Waals surface area contributed by atoms with Crippen molar-refractivity contribution in [1.29, 1.82) is 0 Å². The van der Waals surface area contributed by atoms with E-state index in [2.05, 4.69) is 25.9 Å². The van der Waals surface area contributed by atoms with Gasteiger partial charge in [0.05, 0.1) is 22.6 Å². The Kier molecular flexibility index (Phi) is 4.67. The normalized spacial score (nSPS) is 10.8. The molecule has 0 unspecified atom stereocenters. The van der Waals surface area contributed by atoms with Gasteiger partial charge >= 0.3 is 0 Å². The molecule has 0 bridgehead atoms. The summed E-state index contributed by atoms with van der Waals surface area (Å²) in [6.07, 6.45) is 1.46. The number of para-hydroxylation sites is 2. The first-order valence-electron chi connectivity index (χ1n) is 8.86. The van der Waals surface area contributed by atoms with Gasteiger partial charge in [0.25, 0.3) is 5.91 Å². The van der Waals surface area contributed by atoms with Crippen molar-refractivity contribution in [2.24, 2.45) is 0 Å². The van der Waals surface area contributed by atoms with Crippen LogP contribution in [0, 0.1) is 13.8 Å². The summed E-state index contributed by atoms with van der Waals surface area (Å²) in [4.78, 5) is 12.8. The highest BCUT2D eigenvalue weighted by molar-refractivity contribution is 5.97. The van der Waals surface area contributed by atoms with Crippen LogP contribution in [0.3, 0.4) is 0 Å². The zero-order valence-corrected chi connectivity index (χ0v) is 15.6. The molecule has 0 aliphatic rings. The maximum absolute atomic E-state index is 12.8. The van der Waals surface area contributed by atoms with E-state index < -0.39 is 0 Å². The average Bonchev–Trinajstić information content (AvgIpc) is 3.36. The number of rotatable bonds is 5. The second-order valence-electron chi connectivity index (χ2n) is 6.35. The minimum absolute atomic E-state index is 0.197. The number of benzene rings is 2. The van der Waals surface area contributed by atoms with Crippen LogP contribution >= 0.6 is 0 Å². The van der Waals surface area contributed by atoms with Crippen molar-refractivity contribution in [3.8, 4) is 11.4 Å². The minimum atomic E-state index is -0.197. The summed E-state index contributed by atoms with van der Waals surface area (Å²) in [6, 6.07) is 17.1. The van der Waals surface area contributed by atoms with Crippen LogP contribution in [0.4, 0.5) is 0 Å². The van der Waals surface area contributed by atoms with E-state index in [0.29, 0.717) is 17.8 Å². The molecule has 2 aromatic heterocycles. The molecule has 140 valence electrons. The Labute approximate surface area is 161 Å². The first-order chi connectivity index (χ1) is 13.6. The summed E-state index contributed by atoms with van der Waals surface area (Å²) < 4.78 is 3.37. The van der Waals surface area contributed by atoms with Crippen LogP contribution in [0.2, 0.25) is 0 Å². The van der Waals surface area contributed by atoms with Gasteiger partial charge in [-0.05, 0) is 48.5 Å². The monoisotopic (exact) mass is 373 g/mol. The molecule has 4 rings (SSSR count). The van der Waals surface area contributed by atoms with Gasteiger partial charge in [-0.25, -0.2) is 4.68 Å². The zero-order valence-electron chi connectivity index (χ0n) is 15.6. The minimum Gasteiger partial charge on any atom is -0.348 e. The number of aromatic nitrogens is 6. The Balaban J connectivity index is 1.56. The van der Waals surface area contributed by atoms with Gasteiger partial charge in [-0.1, -0.05) is 30.3 Å². The number of nitrogens with one attached hydrogen (secondary N) is 1. The van der Waals surface area contributed by atoms with Crippen LogP contribution in [-0.4, -0.2) is 35.9 Å². The number of hydrogen-bond donors (Lipinski definition) is 1. The van der Waals surface area contributed by atoms with Crippen LogP contribution in [-0.2, 0) is 6.54 Å². The molecule has 4 aromatic rings. The van der Waals surface area contributed by atoms with E-state index in [0.717, 1.165) is 22.6 Å². The van der Waals surface area contributed by atoms with Crippen molar-refractivity contribution in [1.82, 2.24) is 35.3 Å². The molecule has 8 heteroatoms. The van der Waals surface area contributed by atoms with Crippen LogP contribution < -0.4 is 5.32 Å². The largest absolute Gasteiger partial charge is 0.348 e. The van der Waals surface area contributed by atoms with Crippen molar-refractivity contribution >= 4 is 5.91 Å². The number of tetrazole rings is 1. The molecule has 0 aliphatic carbocycles. The van der Waals surface area contributed by atoms with E-state index in [1.54, 1.807) is 12.1 Å². The predicted molar refractivity (Wildman–Crippen MR) is 103 cm³/mol. The molecule has 0 spiro atoms. The fourth-order valence-electron chi connectivity index (χ4n) is 3.15. The summed E-state index contributed by atoms with van der Waals surface area (Å²) in [7, 11) is 0. The second kappa shape index (κ2) is 7.43. The van der Waals surface area contributed by atoms with Crippen molar-refractivity contribution in [2.75, 3.05) is 0 Å². The van der Waals surface area contributed by atoms with Gasteiger partial charge in [0, 0.05) is 17.8 Å². The zero-order chi connectivity index (χ0) is 19.5. The maximum atomic E-state index is 12.8. The van der Waals surface area contributed by atoms with Crippen molar-refractivity contribution in [2.45, 2.75) is 20.4 Å².